The number of carboxylic acids is 1. The minimum Gasteiger partial charge on any atom is -0.480 e. The van der Waals surface area contributed by atoms with Crippen molar-refractivity contribution in [3.63, 3.8) is 0 Å². The van der Waals surface area contributed by atoms with Crippen molar-refractivity contribution in [1.29, 1.82) is 0 Å². The van der Waals surface area contributed by atoms with E-state index in [0.717, 1.165) is 17.3 Å². The molecular formula is C12H14N2O4S. The van der Waals surface area contributed by atoms with E-state index in [9.17, 15) is 14.4 Å². The topological polar surface area (TPSA) is 95.5 Å². The molecule has 0 fully saturated rings. The number of thioether (sulfide) groups is 1. The summed E-state index contributed by atoms with van der Waals surface area (Å²) in [7, 11) is 0. The maximum Gasteiger partial charge on any atom is 0.322 e. The number of benzene rings is 1. The van der Waals surface area contributed by atoms with Crippen molar-refractivity contribution in [2.75, 3.05) is 13.1 Å². The van der Waals surface area contributed by atoms with Gasteiger partial charge in [-0.1, -0.05) is 42.1 Å². The van der Waals surface area contributed by atoms with E-state index in [1.807, 2.05) is 30.3 Å². The quantitative estimate of drug-likeness (QED) is 0.718. The second kappa shape index (κ2) is 8.15. The first-order chi connectivity index (χ1) is 9.08. The van der Waals surface area contributed by atoms with Gasteiger partial charge in [-0.05, 0) is 5.56 Å². The van der Waals surface area contributed by atoms with Crippen LogP contribution in [0.5, 0.6) is 0 Å². The fourth-order valence-electron chi connectivity index (χ4n) is 1.16. The van der Waals surface area contributed by atoms with Gasteiger partial charge >= 0.3 is 5.97 Å². The Hall–Kier alpha value is -2.02. The second-order valence-corrected chi connectivity index (χ2v) is 4.53. The summed E-state index contributed by atoms with van der Waals surface area (Å²) in [6.45, 7) is -0.681. The predicted molar refractivity (Wildman–Crippen MR) is 71.8 cm³/mol. The number of nitrogens with one attached hydrogen (secondary N) is 2. The van der Waals surface area contributed by atoms with Crippen LogP contribution >= 0.6 is 11.8 Å². The molecule has 0 bridgehead atoms. The van der Waals surface area contributed by atoms with Crippen LogP contribution in [0.4, 0.5) is 4.79 Å². The number of carbonyl (C=O) groups is 3. The van der Waals surface area contributed by atoms with Crippen LogP contribution in [0, 0.1) is 0 Å². The Bertz CT molecular complexity index is 450. The molecule has 0 aliphatic heterocycles. The zero-order valence-corrected chi connectivity index (χ0v) is 10.9. The molecule has 0 saturated heterocycles. The first-order valence-corrected chi connectivity index (χ1v) is 6.49. The lowest BCUT2D eigenvalue weighted by atomic mass is 10.2. The predicted octanol–water partition coefficient (Wildman–Crippen LogP) is 0.830. The first-order valence-electron chi connectivity index (χ1n) is 5.51. The zero-order chi connectivity index (χ0) is 14.1. The van der Waals surface area contributed by atoms with Gasteiger partial charge in [-0.2, -0.15) is 0 Å². The Morgan fingerprint density at radius 2 is 1.74 bits per heavy atom. The van der Waals surface area contributed by atoms with Crippen molar-refractivity contribution in [2.24, 2.45) is 0 Å². The van der Waals surface area contributed by atoms with Crippen molar-refractivity contribution in [3.05, 3.63) is 35.9 Å². The maximum atomic E-state index is 11.4. The van der Waals surface area contributed by atoms with E-state index >= 15 is 0 Å². The molecule has 0 saturated carbocycles. The first kappa shape index (κ1) is 15.0. The fourth-order valence-corrected chi connectivity index (χ4v) is 1.83. The summed E-state index contributed by atoms with van der Waals surface area (Å²) in [6, 6.07) is 9.46. The molecule has 0 radical (unpaired) electrons. The largest absolute Gasteiger partial charge is 0.480 e. The minimum atomic E-state index is -1.13. The molecule has 3 N–H and O–H groups in total. The summed E-state index contributed by atoms with van der Waals surface area (Å²) in [4.78, 5) is 32.7. The third-order valence-corrected chi connectivity index (χ3v) is 2.93. The summed E-state index contributed by atoms with van der Waals surface area (Å²) < 4.78 is 0. The van der Waals surface area contributed by atoms with Crippen molar-refractivity contribution in [2.45, 2.75) is 5.75 Å². The van der Waals surface area contributed by atoms with Gasteiger partial charge in [-0.15, -0.1) is 0 Å². The summed E-state index contributed by atoms with van der Waals surface area (Å²) >= 11 is 1.05. The van der Waals surface area contributed by atoms with Crippen LogP contribution < -0.4 is 10.6 Å². The Morgan fingerprint density at radius 1 is 1.05 bits per heavy atom. The van der Waals surface area contributed by atoms with Crippen LogP contribution in [0.3, 0.4) is 0 Å². The van der Waals surface area contributed by atoms with Crippen LogP contribution in [0.1, 0.15) is 5.56 Å². The van der Waals surface area contributed by atoms with Crippen molar-refractivity contribution in [3.8, 4) is 0 Å². The standard InChI is InChI=1S/C12H14N2O4S/c15-10(13-7-11(16)17)6-14-12(18)19-8-9-4-2-1-3-5-9/h1-5H,6-8H2,(H,13,15)(H,14,18)(H,16,17). The van der Waals surface area contributed by atoms with E-state index < -0.39 is 18.4 Å². The van der Waals surface area contributed by atoms with Gasteiger partial charge in [0.25, 0.3) is 5.24 Å². The Labute approximate surface area is 114 Å². The van der Waals surface area contributed by atoms with Crippen LogP contribution in [-0.4, -0.2) is 35.3 Å². The van der Waals surface area contributed by atoms with Crippen molar-refractivity contribution in [1.82, 2.24) is 10.6 Å². The third kappa shape index (κ3) is 7.10. The van der Waals surface area contributed by atoms with Gasteiger partial charge in [0.15, 0.2) is 0 Å². The number of hydrogen-bond acceptors (Lipinski definition) is 4. The third-order valence-electron chi connectivity index (χ3n) is 2.04. The number of amides is 2. The fraction of sp³-hybridized carbons (Fsp3) is 0.250. The molecule has 0 aliphatic carbocycles. The van der Waals surface area contributed by atoms with Gasteiger partial charge in [0.05, 0.1) is 6.54 Å². The Balaban J connectivity index is 2.17. The lowest BCUT2D eigenvalue weighted by Gasteiger charge is -2.05. The summed E-state index contributed by atoms with van der Waals surface area (Å²) in [5, 5.41) is 12.6. The molecule has 0 atom stereocenters. The smallest absolute Gasteiger partial charge is 0.322 e. The highest BCUT2D eigenvalue weighted by molar-refractivity contribution is 8.12. The summed E-state index contributed by atoms with van der Waals surface area (Å²) in [5.74, 6) is -1.14. The summed E-state index contributed by atoms with van der Waals surface area (Å²) in [6.07, 6.45) is 0. The van der Waals surface area contributed by atoms with Crippen LogP contribution in [0.2, 0.25) is 0 Å². The normalized spacial score (nSPS) is 9.68. The van der Waals surface area contributed by atoms with E-state index in [1.165, 1.54) is 0 Å². The highest BCUT2D eigenvalue weighted by Gasteiger charge is 2.07. The lowest BCUT2D eigenvalue weighted by molar-refractivity contribution is -0.137. The molecule has 0 unspecified atom stereocenters. The van der Waals surface area contributed by atoms with Crippen LogP contribution in [0.15, 0.2) is 30.3 Å². The molecule has 0 aliphatic rings. The van der Waals surface area contributed by atoms with Gasteiger partial charge in [0.1, 0.15) is 6.54 Å². The molecule has 0 heterocycles. The monoisotopic (exact) mass is 282 g/mol. The average Bonchev–Trinajstić information content (AvgIpc) is 2.41. The number of rotatable bonds is 6. The number of aliphatic carboxylic acids is 1. The van der Waals surface area contributed by atoms with Gasteiger partial charge < -0.3 is 15.7 Å². The molecule has 0 aromatic heterocycles. The average molecular weight is 282 g/mol. The Kier molecular flexibility index (Phi) is 6.45. The molecule has 1 aromatic rings. The van der Waals surface area contributed by atoms with Gasteiger partial charge in [-0.25, -0.2) is 0 Å². The van der Waals surface area contributed by atoms with Gasteiger partial charge in [0.2, 0.25) is 5.91 Å². The molecule has 1 rings (SSSR count). The van der Waals surface area contributed by atoms with Gasteiger partial charge in [0, 0.05) is 5.75 Å². The van der Waals surface area contributed by atoms with Crippen LogP contribution in [0.25, 0.3) is 0 Å². The maximum absolute atomic E-state index is 11.4. The number of carbonyl (C=O) groups excluding carboxylic acids is 2. The second-order valence-electron chi connectivity index (χ2n) is 3.59. The molecule has 19 heavy (non-hydrogen) atoms. The van der Waals surface area contributed by atoms with Crippen molar-refractivity contribution < 1.29 is 19.5 Å². The molecule has 102 valence electrons. The van der Waals surface area contributed by atoms with Crippen molar-refractivity contribution >= 4 is 28.9 Å². The van der Waals surface area contributed by atoms with E-state index in [4.69, 9.17) is 5.11 Å². The minimum absolute atomic E-state index is 0.228. The molecule has 2 amide bonds. The number of hydrogen-bond donors (Lipinski definition) is 3. The molecule has 1 aromatic carbocycles. The summed E-state index contributed by atoms with van der Waals surface area (Å²) in [5.41, 5.74) is 1.01. The van der Waals surface area contributed by atoms with E-state index in [1.54, 1.807) is 0 Å². The molecule has 6 nitrogen and oxygen atoms in total. The Morgan fingerprint density at radius 3 is 2.37 bits per heavy atom. The molecule has 7 heteroatoms. The number of carboxylic acid groups (broad SMARTS) is 1. The molecule has 0 spiro atoms. The van der Waals surface area contributed by atoms with Gasteiger partial charge in [-0.3, -0.25) is 14.4 Å². The SMILES string of the molecule is O=C(O)CNC(=O)CNC(=O)SCc1ccccc1. The highest BCUT2D eigenvalue weighted by atomic mass is 32.2. The highest BCUT2D eigenvalue weighted by Crippen LogP contribution is 2.11. The zero-order valence-electron chi connectivity index (χ0n) is 10.1. The van der Waals surface area contributed by atoms with Crippen LogP contribution in [-0.2, 0) is 15.3 Å². The molecular weight excluding hydrogens is 268 g/mol. The van der Waals surface area contributed by atoms with E-state index in [-0.39, 0.29) is 11.8 Å². The lowest BCUT2D eigenvalue weighted by Crippen LogP contribution is -2.37. The van der Waals surface area contributed by atoms with E-state index in [0.29, 0.717) is 5.75 Å². The van der Waals surface area contributed by atoms with E-state index in [2.05, 4.69) is 10.6 Å².